The molecule has 1 aliphatic rings. The summed E-state index contributed by atoms with van der Waals surface area (Å²) in [6, 6.07) is 7.89. The second-order valence-electron chi connectivity index (χ2n) is 5.62. The van der Waals surface area contributed by atoms with Crippen LogP contribution in [0, 0.1) is 3.57 Å². The number of benzene rings is 1. The summed E-state index contributed by atoms with van der Waals surface area (Å²) in [5.74, 6) is 0.0817. The zero-order valence-electron chi connectivity index (χ0n) is 12.6. The lowest BCUT2D eigenvalue weighted by molar-refractivity contribution is -0.118. The van der Waals surface area contributed by atoms with Gasteiger partial charge in [0.2, 0.25) is 5.91 Å². The number of fused-ring (bicyclic) bond motifs is 1. The van der Waals surface area contributed by atoms with Crippen molar-refractivity contribution in [1.82, 2.24) is 15.3 Å². The second kappa shape index (κ2) is 6.34. The Morgan fingerprint density at radius 2 is 2.21 bits per heavy atom. The first kappa shape index (κ1) is 15.9. The van der Waals surface area contributed by atoms with Crippen LogP contribution < -0.4 is 10.2 Å². The highest BCUT2D eigenvalue weighted by molar-refractivity contribution is 14.1. The molecule has 2 N–H and O–H groups in total. The predicted molar refractivity (Wildman–Crippen MR) is 104 cm³/mol. The minimum Gasteiger partial charge on any atom is -0.345 e. The maximum atomic E-state index is 12.1. The van der Waals surface area contributed by atoms with Gasteiger partial charge in [-0.3, -0.25) is 4.79 Å². The van der Waals surface area contributed by atoms with Crippen LogP contribution in [0.25, 0.3) is 22.2 Å². The standard InChI is InChI=1S/C17H14ClIN4O/c18-16-12(7-21-17-15(16)13(19)8-22-17)10-2-1-3-11(6-10)23-5-4-20-9-14(23)24/h1-3,6-8,20H,4-5,9H2,(H,21,22). The van der Waals surface area contributed by atoms with Crippen molar-refractivity contribution in [1.29, 1.82) is 0 Å². The smallest absolute Gasteiger partial charge is 0.240 e. The van der Waals surface area contributed by atoms with Crippen molar-refractivity contribution in [3.8, 4) is 11.1 Å². The van der Waals surface area contributed by atoms with Crippen LogP contribution in [-0.4, -0.2) is 35.5 Å². The van der Waals surface area contributed by atoms with Crippen molar-refractivity contribution >= 4 is 56.8 Å². The molecule has 3 heterocycles. The van der Waals surface area contributed by atoms with Gasteiger partial charge in [0.1, 0.15) is 5.65 Å². The van der Waals surface area contributed by atoms with Gasteiger partial charge in [-0.2, -0.15) is 0 Å². The highest BCUT2D eigenvalue weighted by atomic mass is 127. The molecule has 0 saturated carbocycles. The van der Waals surface area contributed by atoms with E-state index in [4.69, 9.17) is 11.6 Å². The minimum absolute atomic E-state index is 0.0817. The predicted octanol–water partition coefficient (Wildman–Crippen LogP) is 3.42. The molecule has 1 aromatic carbocycles. The van der Waals surface area contributed by atoms with Crippen molar-refractivity contribution in [2.45, 2.75) is 0 Å². The van der Waals surface area contributed by atoms with Gasteiger partial charge in [-0.25, -0.2) is 4.98 Å². The molecule has 1 fully saturated rings. The summed E-state index contributed by atoms with van der Waals surface area (Å²) >= 11 is 8.88. The van der Waals surface area contributed by atoms with Crippen LogP contribution in [0.3, 0.4) is 0 Å². The number of halogens is 2. The summed E-state index contributed by atoms with van der Waals surface area (Å²) < 4.78 is 1.04. The van der Waals surface area contributed by atoms with E-state index in [9.17, 15) is 4.79 Å². The van der Waals surface area contributed by atoms with Crippen molar-refractivity contribution in [3.63, 3.8) is 0 Å². The normalized spacial score (nSPS) is 15.2. The molecule has 24 heavy (non-hydrogen) atoms. The summed E-state index contributed by atoms with van der Waals surface area (Å²) in [5, 5.41) is 4.69. The van der Waals surface area contributed by atoms with Crippen molar-refractivity contribution < 1.29 is 4.79 Å². The molecule has 1 saturated heterocycles. The molecule has 3 aromatic rings. The fourth-order valence-electron chi connectivity index (χ4n) is 2.94. The Labute approximate surface area is 157 Å². The molecule has 0 atom stereocenters. The molecular formula is C17H14ClIN4O. The number of carbonyl (C=O) groups excluding carboxylic acids is 1. The molecule has 0 bridgehead atoms. The van der Waals surface area contributed by atoms with Gasteiger partial charge >= 0.3 is 0 Å². The Kier molecular flexibility index (Phi) is 4.19. The average molecular weight is 453 g/mol. The zero-order chi connectivity index (χ0) is 16.7. The maximum absolute atomic E-state index is 12.1. The summed E-state index contributed by atoms with van der Waals surface area (Å²) in [5.41, 5.74) is 3.49. The van der Waals surface area contributed by atoms with Crippen LogP contribution in [0.1, 0.15) is 0 Å². The number of H-pyrrole nitrogens is 1. The number of piperazine rings is 1. The summed E-state index contributed by atoms with van der Waals surface area (Å²) in [6.07, 6.45) is 3.67. The van der Waals surface area contributed by atoms with Gasteiger partial charge < -0.3 is 15.2 Å². The molecule has 0 unspecified atom stereocenters. The van der Waals surface area contributed by atoms with Gasteiger partial charge in [0.15, 0.2) is 0 Å². The van der Waals surface area contributed by atoms with E-state index in [1.807, 2.05) is 30.5 Å². The Bertz CT molecular complexity index is 939. The van der Waals surface area contributed by atoms with Crippen LogP contribution in [-0.2, 0) is 4.79 Å². The van der Waals surface area contributed by atoms with Gasteiger partial charge in [-0.15, -0.1) is 0 Å². The number of amides is 1. The number of hydrogen-bond acceptors (Lipinski definition) is 3. The molecule has 0 radical (unpaired) electrons. The Morgan fingerprint density at radius 3 is 3.04 bits per heavy atom. The lowest BCUT2D eigenvalue weighted by Crippen LogP contribution is -2.48. The van der Waals surface area contributed by atoms with Gasteiger partial charge in [-0.1, -0.05) is 23.7 Å². The van der Waals surface area contributed by atoms with Gasteiger partial charge in [0.05, 0.1) is 17.0 Å². The van der Waals surface area contributed by atoms with Gasteiger partial charge in [0.25, 0.3) is 0 Å². The number of hydrogen-bond donors (Lipinski definition) is 2. The van der Waals surface area contributed by atoms with E-state index in [0.29, 0.717) is 18.1 Å². The second-order valence-corrected chi connectivity index (χ2v) is 7.16. The minimum atomic E-state index is 0.0817. The third kappa shape index (κ3) is 2.68. The molecule has 1 aliphatic heterocycles. The molecule has 1 amide bonds. The molecule has 0 spiro atoms. The van der Waals surface area contributed by atoms with Crippen molar-refractivity contribution in [2.24, 2.45) is 0 Å². The first-order chi connectivity index (χ1) is 11.6. The number of aromatic nitrogens is 2. The third-order valence-corrected chi connectivity index (χ3v) is 5.39. The monoisotopic (exact) mass is 452 g/mol. The third-order valence-electron chi connectivity index (χ3n) is 4.15. The van der Waals surface area contributed by atoms with Crippen LogP contribution in [0.2, 0.25) is 5.02 Å². The highest BCUT2D eigenvalue weighted by Gasteiger charge is 2.20. The summed E-state index contributed by atoms with van der Waals surface area (Å²) in [6.45, 7) is 1.84. The first-order valence-electron chi connectivity index (χ1n) is 7.58. The molecular weight excluding hydrogens is 439 g/mol. The molecule has 2 aromatic heterocycles. The Hall–Kier alpha value is -1.64. The van der Waals surface area contributed by atoms with Crippen LogP contribution in [0.5, 0.6) is 0 Å². The van der Waals surface area contributed by atoms with E-state index < -0.39 is 0 Å². The lowest BCUT2D eigenvalue weighted by Gasteiger charge is -2.27. The number of nitrogens with zero attached hydrogens (tertiary/aromatic N) is 2. The van der Waals surface area contributed by atoms with Crippen LogP contribution in [0.4, 0.5) is 5.69 Å². The SMILES string of the molecule is O=C1CNCCN1c1cccc(-c2cnc3[nH]cc(I)c3c2Cl)c1. The number of nitrogens with one attached hydrogen (secondary N) is 2. The Morgan fingerprint density at radius 1 is 1.33 bits per heavy atom. The lowest BCUT2D eigenvalue weighted by atomic mass is 10.1. The Balaban J connectivity index is 1.80. The number of pyridine rings is 1. The van der Waals surface area contributed by atoms with Gasteiger partial charge in [0, 0.05) is 40.3 Å². The zero-order valence-corrected chi connectivity index (χ0v) is 15.6. The number of anilines is 1. The molecule has 5 nitrogen and oxygen atoms in total. The average Bonchev–Trinajstić information content (AvgIpc) is 2.98. The van der Waals surface area contributed by atoms with E-state index >= 15 is 0 Å². The molecule has 7 heteroatoms. The summed E-state index contributed by atoms with van der Waals surface area (Å²) in [4.78, 5) is 21.5. The number of aromatic amines is 1. The van der Waals surface area contributed by atoms with E-state index in [0.717, 1.165) is 38.0 Å². The van der Waals surface area contributed by atoms with E-state index in [1.54, 1.807) is 11.1 Å². The molecule has 122 valence electrons. The fourth-order valence-corrected chi connectivity index (χ4v) is 4.13. The quantitative estimate of drug-likeness (QED) is 0.586. The van der Waals surface area contributed by atoms with Gasteiger partial charge in [-0.05, 0) is 40.3 Å². The number of rotatable bonds is 2. The summed E-state index contributed by atoms with van der Waals surface area (Å²) in [7, 11) is 0. The van der Waals surface area contributed by atoms with Crippen LogP contribution >= 0.6 is 34.2 Å². The first-order valence-corrected chi connectivity index (χ1v) is 9.03. The maximum Gasteiger partial charge on any atom is 0.240 e. The number of carbonyl (C=O) groups is 1. The topological polar surface area (TPSA) is 61.0 Å². The van der Waals surface area contributed by atoms with Crippen molar-refractivity contribution in [2.75, 3.05) is 24.5 Å². The van der Waals surface area contributed by atoms with E-state index in [-0.39, 0.29) is 5.91 Å². The molecule has 0 aliphatic carbocycles. The molecule has 4 rings (SSSR count). The largest absolute Gasteiger partial charge is 0.345 e. The van der Waals surface area contributed by atoms with E-state index in [2.05, 4.69) is 37.9 Å². The highest BCUT2D eigenvalue weighted by Crippen LogP contribution is 2.36. The fraction of sp³-hybridized carbons (Fsp3) is 0.176. The van der Waals surface area contributed by atoms with E-state index in [1.165, 1.54) is 0 Å². The van der Waals surface area contributed by atoms with Crippen LogP contribution in [0.15, 0.2) is 36.7 Å². The van der Waals surface area contributed by atoms with Crippen molar-refractivity contribution in [3.05, 3.63) is 45.3 Å².